The second-order valence-electron chi connectivity index (χ2n) is 10.3. The summed E-state index contributed by atoms with van der Waals surface area (Å²) in [5.74, 6) is -0.690. The van der Waals surface area contributed by atoms with E-state index in [9.17, 15) is 13.2 Å². The molecule has 1 unspecified atom stereocenters. The number of benzene rings is 1. The second kappa shape index (κ2) is 6.97. The molecule has 3 rings (SSSR count). The van der Waals surface area contributed by atoms with Gasteiger partial charge in [0, 0.05) is 34.7 Å². The number of rotatable bonds is 3. The van der Waals surface area contributed by atoms with Crippen molar-refractivity contribution in [2.24, 2.45) is 11.1 Å². The standard InChI is InChI=1S/C21H29BF4N2O2/c1-18(2,3)11-28-10-13(17(27)21(24,25)26)12-8-15(23)14(9-16(12)28)22-29-19(4,5)20(6,7)30-22/h8-10,17H,11,27H2,1-7H3. The zero-order chi connectivity index (χ0) is 22.9. The Kier molecular flexibility index (Phi) is 5.36. The third-order valence-corrected chi connectivity index (χ3v) is 5.87. The molecule has 1 aromatic heterocycles. The van der Waals surface area contributed by atoms with Crippen molar-refractivity contribution in [1.29, 1.82) is 0 Å². The fourth-order valence-electron chi connectivity index (χ4n) is 3.57. The van der Waals surface area contributed by atoms with Crippen molar-refractivity contribution in [2.45, 2.75) is 78.4 Å². The zero-order valence-corrected chi connectivity index (χ0v) is 18.4. The monoisotopic (exact) mass is 428 g/mol. The van der Waals surface area contributed by atoms with Crippen LogP contribution in [0.15, 0.2) is 18.3 Å². The largest absolute Gasteiger partial charge is 0.497 e. The normalized spacial score (nSPS) is 20.2. The molecule has 2 aromatic rings. The Hall–Kier alpha value is -1.58. The molecule has 2 N–H and O–H groups in total. The molecule has 9 heteroatoms. The Morgan fingerprint density at radius 2 is 1.60 bits per heavy atom. The van der Waals surface area contributed by atoms with E-state index in [1.165, 1.54) is 12.3 Å². The maximum absolute atomic E-state index is 15.1. The molecule has 1 atom stereocenters. The number of halogens is 4. The molecular weight excluding hydrogens is 399 g/mol. The predicted octanol–water partition coefficient (Wildman–Crippen LogP) is 4.69. The van der Waals surface area contributed by atoms with Crippen LogP contribution in [0.4, 0.5) is 17.6 Å². The molecule has 166 valence electrons. The minimum absolute atomic E-state index is 0.141. The SMILES string of the molecule is CC(C)(C)Cn1cc(C(N)C(F)(F)F)c2cc(F)c(B3OC(C)(C)C(C)(C)O3)cc21. The van der Waals surface area contributed by atoms with Gasteiger partial charge in [0.2, 0.25) is 0 Å². The van der Waals surface area contributed by atoms with E-state index in [2.05, 4.69) is 0 Å². The van der Waals surface area contributed by atoms with Crippen LogP contribution in [-0.2, 0) is 15.9 Å². The topological polar surface area (TPSA) is 49.4 Å². The van der Waals surface area contributed by atoms with Crippen molar-refractivity contribution < 1.29 is 26.9 Å². The smallest absolute Gasteiger partial charge is 0.399 e. The van der Waals surface area contributed by atoms with Gasteiger partial charge in [0.25, 0.3) is 0 Å². The first-order valence-corrected chi connectivity index (χ1v) is 9.93. The fraction of sp³-hybridized carbons (Fsp3) is 0.619. The van der Waals surface area contributed by atoms with Crippen LogP contribution >= 0.6 is 0 Å². The third-order valence-electron chi connectivity index (χ3n) is 5.87. The Bertz CT molecular complexity index is 945. The van der Waals surface area contributed by atoms with Gasteiger partial charge in [0.15, 0.2) is 0 Å². The fourth-order valence-corrected chi connectivity index (χ4v) is 3.57. The van der Waals surface area contributed by atoms with Gasteiger partial charge in [-0.3, -0.25) is 0 Å². The number of nitrogens with two attached hydrogens (primary N) is 1. The average molecular weight is 428 g/mol. The first kappa shape index (κ1) is 23.1. The summed E-state index contributed by atoms with van der Waals surface area (Å²) >= 11 is 0. The van der Waals surface area contributed by atoms with Gasteiger partial charge in [0.1, 0.15) is 11.9 Å². The molecule has 0 saturated carbocycles. The Labute approximate surface area is 174 Å². The van der Waals surface area contributed by atoms with E-state index < -0.39 is 36.4 Å². The van der Waals surface area contributed by atoms with Crippen LogP contribution < -0.4 is 11.2 Å². The highest BCUT2D eigenvalue weighted by atomic mass is 19.4. The van der Waals surface area contributed by atoms with Gasteiger partial charge < -0.3 is 19.6 Å². The summed E-state index contributed by atoms with van der Waals surface area (Å²) in [6, 6.07) is 0.421. The minimum Gasteiger partial charge on any atom is -0.399 e. The number of aromatic nitrogens is 1. The zero-order valence-electron chi connectivity index (χ0n) is 18.4. The molecule has 1 aliphatic heterocycles. The summed E-state index contributed by atoms with van der Waals surface area (Å²) in [5.41, 5.74) is 4.39. The van der Waals surface area contributed by atoms with Crippen LogP contribution in [0.1, 0.15) is 60.1 Å². The van der Waals surface area contributed by atoms with Gasteiger partial charge in [-0.15, -0.1) is 0 Å². The summed E-state index contributed by atoms with van der Waals surface area (Å²) in [6.45, 7) is 13.8. The van der Waals surface area contributed by atoms with Crippen molar-refractivity contribution in [3.05, 3.63) is 29.7 Å². The maximum atomic E-state index is 15.1. The number of alkyl halides is 3. The van der Waals surface area contributed by atoms with Crippen LogP contribution in [0, 0.1) is 11.2 Å². The van der Waals surface area contributed by atoms with E-state index in [0.717, 1.165) is 6.07 Å². The summed E-state index contributed by atoms with van der Waals surface area (Å²) < 4.78 is 68.7. The average Bonchev–Trinajstić information content (AvgIpc) is 2.97. The summed E-state index contributed by atoms with van der Waals surface area (Å²) in [7, 11) is -0.961. The number of fused-ring (bicyclic) bond motifs is 1. The molecule has 0 amide bonds. The quantitative estimate of drug-likeness (QED) is 0.570. The van der Waals surface area contributed by atoms with Crippen molar-refractivity contribution in [1.82, 2.24) is 4.57 Å². The van der Waals surface area contributed by atoms with Crippen LogP contribution in [0.25, 0.3) is 10.9 Å². The molecule has 1 fully saturated rings. The van der Waals surface area contributed by atoms with E-state index in [1.54, 1.807) is 4.57 Å². The van der Waals surface area contributed by atoms with Crippen LogP contribution in [0.3, 0.4) is 0 Å². The lowest BCUT2D eigenvalue weighted by Crippen LogP contribution is -2.41. The maximum Gasteiger partial charge on any atom is 0.497 e. The van der Waals surface area contributed by atoms with E-state index in [0.29, 0.717) is 12.1 Å². The Morgan fingerprint density at radius 3 is 2.07 bits per heavy atom. The van der Waals surface area contributed by atoms with Gasteiger partial charge in [0.05, 0.1) is 11.2 Å². The highest BCUT2D eigenvalue weighted by molar-refractivity contribution is 6.62. The van der Waals surface area contributed by atoms with Gasteiger partial charge in [-0.1, -0.05) is 20.8 Å². The van der Waals surface area contributed by atoms with Crippen molar-refractivity contribution in [3.63, 3.8) is 0 Å². The summed E-state index contributed by atoms with van der Waals surface area (Å²) in [6.07, 6.45) is -3.26. The number of hydrogen-bond donors (Lipinski definition) is 1. The molecule has 1 aliphatic rings. The summed E-state index contributed by atoms with van der Waals surface area (Å²) in [4.78, 5) is 0. The Balaban J connectivity index is 2.18. The van der Waals surface area contributed by atoms with Crippen LogP contribution in [0.2, 0.25) is 0 Å². The second-order valence-corrected chi connectivity index (χ2v) is 10.3. The van der Waals surface area contributed by atoms with Gasteiger partial charge in [-0.25, -0.2) is 4.39 Å². The lowest BCUT2D eigenvalue weighted by atomic mass is 9.78. The predicted molar refractivity (Wildman–Crippen MR) is 110 cm³/mol. The molecule has 30 heavy (non-hydrogen) atoms. The third kappa shape index (κ3) is 4.12. The first-order valence-electron chi connectivity index (χ1n) is 9.93. The van der Waals surface area contributed by atoms with E-state index >= 15 is 4.39 Å². The first-order chi connectivity index (χ1) is 13.4. The van der Waals surface area contributed by atoms with Gasteiger partial charge in [-0.2, -0.15) is 13.2 Å². The lowest BCUT2D eigenvalue weighted by Gasteiger charge is -2.32. The molecule has 1 saturated heterocycles. The minimum atomic E-state index is -4.64. The summed E-state index contributed by atoms with van der Waals surface area (Å²) in [5, 5.41) is 0.141. The molecular formula is C21H29BF4N2O2. The number of nitrogens with zero attached hydrogens (tertiary/aromatic N) is 1. The molecule has 0 radical (unpaired) electrons. The lowest BCUT2D eigenvalue weighted by molar-refractivity contribution is -0.148. The molecule has 0 bridgehead atoms. The van der Waals surface area contributed by atoms with Crippen LogP contribution in [-0.4, -0.2) is 29.1 Å². The van der Waals surface area contributed by atoms with Crippen LogP contribution in [0.5, 0.6) is 0 Å². The molecule has 0 spiro atoms. The highest BCUT2D eigenvalue weighted by Crippen LogP contribution is 2.39. The van der Waals surface area contributed by atoms with Crippen molar-refractivity contribution in [3.8, 4) is 0 Å². The Morgan fingerprint density at radius 1 is 1.07 bits per heavy atom. The number of hydrogen-bond acceptors (Lipinski definition) is 3. The van der Waals surface area contributed by atoms with Gasteiger partial charge >= 0.3 is 13.3 Å². The van der Waals surface area contributed by atoms with E-state index in [1.807, 2.05) is 48.5 Å². The molecule has 1 aromatic carbocycles. The van der Waals surface area contributed by atoms with Crippen molar-refractivity contribution in [2.75, 3.05) is 0 Å². The van der Waals surface area contributed by atoms with Gasteiger partial charge in [-0.05, 0) is 45.2 Å². The highest BCUT2D eigenvalue weighted by Gasteiger charge is 2.52. The van der Waals surface area contributed by atoms with E-state index in [4.69, 9.17) is 15.0 Å². The van der Waals surface area contributed by atoms with E-state index in [-0.39, 0.29) is 21.8 Å². The molecule has 4 nitrogen and oxygen atoms in total. The molecule has 0 aliphatic carbocycles. The van der Waals surface area contributed by atoms with Crippen molar-refractivity contribution >= 4 is 23.5 Å². The molecule has 2 heterocycles.